The monoisotopic (exact) mass is 221 g/mol. The number of hydrogen-bond acceptors (Lipinski definition) is 2. The molecule has 0 bridgehead atoms. The van der Waals surface area contributed by atoms with Gasteiger partial charge in [0.25, 0.3) is 0 Å². The highest BCUT2D eigenvalue weighted by Crippen LogP contribution is 2.16. The van der Waals surface area contributed by atoms with Crippen molar-refractivity contribution in [3.05, 3.63) is 35.4 Å². The molecule has 0 aliphatic heterocycles. The van der Waals surface area contributed by atoms with Crippen molar-refractivity contribution in [2.75, 3.05) is 6.61 Å². The van der Waals surface area contributed by atoms with Crippen LogP contribution in [0.3, 0.4) is 0 Å². The van der Waals surface area contributed by atoms with Crippen molar-refractivity contribution in [1.82, 2.24) is 5.32 Å². The summed E-state index contributed by atoms with van der Waals surface area (Å²) in [5.41, 5.74) is 2.55. The van der Waals surface area contributed by atoms with Crippen LogP contribution in [-0.4, -0.2) is 17.8 Å². The SMILES string of the molecule is Cc1cccc(C(C)NC(CO)C(C)C)c1. The van der Waals surface area contributed by atoms with Crippen LogP contribution in [-0.2, 0) is 0 Å². The van der Waals surface area contributed by atoms with Gasteiger partial charge in [0.05, 0.1) is 6.61 Å². The van der Waals surface area contributed by atoms with E-state index in [0.717, 1.165) is 0 Å². The second-order valence-corrected chi connectivity index (χ2v) is 4.84. The highest BCUT2D eigenvalue weighted by molar-refractivity contribution is 5.24. The van der Waals surface area contributed by atoms with E-state index < -0.39 is 0 Å². The van der Waals surface area contributed by atoms with Gasteiger partial charge in [0.2, 0.25) is 0 Å². The first kappa shape index (κ1) is 13.2. The molecule has 1 rings (SSSR count). The van der Waals surface area contributed by atoms with Crippen LogP contribution < -0.4 is 5.32 Å². The molecule has 1 aromatic rings. The number of rotatable bonds is 5. The fraction of sp³-hybridized carbons (Fsp3) is 0.571. The molecule has 0 saturated carbocycles. The number of nitrogens with one attached hydrogen (secondary N) is 1. The van der Waals surface area contributed by atoms with Crippen LogP contribution in [0.1, 0.15) is 37.9 Å². The molecule has 0 aromatic heterocycles. The fourth-order valence-electron chi connectivity index (χ4n) is 1.81. The number of aliphatic hydroxyl groups is 1. The summed E-state index contributed by atoms with van der Waals surface area (Å²) in [4.78, 5) is 0. The maximum Gasteiger partial charge on any atom is 0.0587 e. The number of hydrogen-bond donors (Lipinski definition) is 2. The molecule has 0 spiro atoms. The van der Waals surface area contributed by atoms with Crippen LogP contribution in [0.25, 0.3) is 0 Å². The van der Waals surface area contributed by atoms with Crippen molar-refractivity contribution in [2.24, 2.45) is 5.92 Å². The largest absolute Gasteiger partial charge is 0.395 e. The lowest BCUT2D eigenvalue weighted by Gasteiger charge is -2.25. The third-order valence-corrected chi connectivity index (χ3v) is 3.01. The lowest BCUT2D eigenvalue weighted by Crippen LogP contribution is -2.38. The molecule has 1 aromatic carbocycles. The summed E-state index contributed by atoms with van der Waals surface area (Å²) in [5.74, 6) is 0.442. The average Bonchev–Trinajstić information content (AvgIpc) is 2.25. The molecule has 0 radical (unpaired) electrons. The Bertz CT molecular complexity index is 322. The lowest BCUT2D eigenvalue weighted by atomic mass is 10.0. The Labute approximate surface area is 98.7 Å². The van der Waals surface area contributed by atoms with Crippen molar-refractivity contribution in [2.45, 2.75) is 39.8 Å². The number of aliphatic hydroxyl groups excluding tert-OH is 1. The van der Waals surface area contributed by atoms with E-state index in [9.17, 15) is 5.11 Å². The van der Waals surface area contributed by atoms with E-state index in [0.29, 0.717) is 5.92 Å². The summed E-state index contributed by atoms with van der Waals surface area (Å²) in [6.45, 7) is 8.67. The van der Waals surface area contributed by atoms with E-state index >= 15 is 0 Å². The Morgan fingerprint density at radius 2 is 1.94 bits per heavy atom. The quantitative estimate of drug-likeness (QED) is 0.801. The number of aryl methyl sites for hydroxylation is 1. The zero-order valence-electron chi connectivity index (χ0n) is 10.7. The van der Waals surface area contributed by atoms with E-state index in [4.69, 9.17) is 0 Å². The summed E-state index contributed by atoms with van der Waals surface area (Å²) >= 11 is 0. The Hall–Kier alpha value is -0.860. The molecule has 2 heteroatoms. The van der Waals surface area contributed by atoms with Crippen LogP contribution >= 0.6 is 0 Å². The minimum atomic E-state index is 0.163. The van der Waals surface area contributed by atoms with Gasteiger partial charge in [-0.2, -0.15) is 0 Å². The first-order valence-corrected chi connectivity index (χ1v) is 5.98. The van der Waals surface area contributed by atoms with E-state index in [1.165, 1.54) is 11.1 Å². The molecule has 0 aliphatic carbocycles. The molecule has 0 fully saturated rings. The summed E-state index contributed by atoms with van der Waals surface area (Å²) in [5, 5.41) is 12.7. The molecule has 0 saturated heterocycles. The first-order valence-electron chi connectivity index (χ1n) is 5.98. The maximum atomic E-state index is 9.28. The average molecular weight is 221 g/mol. The van der Waals surface area contributed by atoms with Gasteiger partial charge in [-0.15, -0.1) is 0 Å². The second kappa shape index (κ2) is 6.02. The van der Waals surface area contributed by atoms with Gasteiger partial charge >= 0.3 is 0 Å². The first-order chi connectivity index (χ1) is 7.54. The Kier molecular flexibility index (Phi) is 4.97. The standard InChI is InChI=1S/C14H23NO/c1-10(2)14(9-16)15-12(4)13-7-5-6-11(3)8-13/h5-8,10,12,14-16H,9H2,1-4H3. The molecule has 90 valence electrons. The van der Waals surface area contributed by atoms with E-state index in [2.05, 4.69) is 57.3 Å². The topological polar surface area (TPSA) is 32.3 Å². The minimum absolute atomic E-state index is 0.163. The van der Waals surface area contributed by atoms with Gasteiger partial charge in [0, 0.05) is 12.1 Å². The Balaban J connectivity index is 2.67. The molecule has 2 atom stereocenters. The van der Waals surface area contributed by atoms with Crippen LogP contribution in [0.4, 0.5) is 0 Å². The van der Waals surface area contributed by atoms with Crippen LogP contribution in [0.5, 0.6) is 0 Å². The van der Waals surface area contributed by atoms with Gasteiger partial charge in [0.1, 0.15) is 0 Å². The molecule has 0 heterocycles. The smallest absolute Gasteiger partial charge is 0.0587 e. The summed E-state index contributed by atoms with van der Waals surface area (Å²) < 4.78 is 0. The van der Waals surface area contributed by atoms with Gasteiger partial charge < -0.3 is 10.4 Å². The third kappa shape index (κ3) is 3.62. The van der Waals surface area contributed by atoms with Gasteiger partial charge in [-0.3, -0.25) is 0 Å². The molecular weight excluding hydrogens is 198 g/mol. The molecular formula is C14H23NO. The van der Waals surface area contributed by atoms with Crippen molar-refractivity contribution < 1.29 is 5.11 Å². The predicted molar refractivity (Wildman–Crippen MR) is 68.4 cm³/mol. The molecule has 0 aliphatic rings. The van der Waals surface area contributed by atoms with E-state index in [1.54, 1.807) is 0 Å². The summed E-state index contributed by atoms with van der Waals surface area (Å²) in [6, 6.07) is 8.93. The number of benzene rings is 1. The molecule has 2 nitrogen and oxygen atoms in total. The van der Waals surface area contributed by atoms with Gasteiger partial charge in [-0.1, -0.05) is 43.7 Å². The Morgan fingerprint density at radius 3 is 2.44 bits per heavy atom. The van der Waals surface area contributed by atoms with E-state index in [-0.39, 0.29) is 18.7 Å². The van der Waals surface area contributed by atoms with Gasteiger partial charge in [-0.05, 0) is 25.3 Å². The molecule has 0 amide bonds. The van der Waals surface area contributed by atoms with Crippen molar-refractivity contribution in [3.8, 4) is 0 Å². The second-order valence-electron chi connectivity index (χ2n) is 4.84. The third-order valence-electron chi connectivity index (χ3n) is 3.01. The molecule has 16 heavy (non-hydrogen) atoms. The van der Waals surface area contributed by atoms with Crippen molar-refractivity contribution >= 4 is 0 Å². The molecule has 2 unspecified atom stereocenters. The van der Waals surface area contributed by atoms with Crippen LogP contribution in [0.15, 0.2) is 24.3 Å². The van der Waals surface area contributed by atoms with Gasteiger partial charge in [-0.25, -0.2) is 0 Å². The van der Waals surface area contributed by atoms with Gasteiger partial charge in [0.15, 0.2) is 0 Å². The van der Waals surface area contributed by atoms with Crippen LogP contribution in [0, 0.1) is 12.8 Å². The fourth-order valence-corrected chi connectivity index (χ4v) is 1.81. The normalized spacial score (nSPS) is 15.1. The highest BCUT2D eigenvalue weighted by Gasteiger charge is 2.15. The zero-order chi connectivity index (χ0) is 12.1. The minimum Gasteiger partial charge on any atom is -0.395 e. The zero-order valence-corrected chi connectivity index (χ0v) is 10.7. The lowest BCUT2D eigenvalue weighted by molar-refractivity contribution is 0.201. The Morgan fingerprint density at radius 1 is 1.25 bits per heavy atom. The summed E-state index contributed by atoms with van der Waals surface area (Å²) in [6.07, 6.45) is 0. The van der Waals surface area contributed by atoms with Crippen LogP contribution in [0.2, 0.25) is 0 Å². The van der Waals surface area contributed by atoms with E-state index in [1.807, 2.05) is 0 Å². The summed E-state index contributed by atoms with van der Waals surface area (Å²) in [7, 11) is 0. The van der Waals surface area contributed by atoms with Crippen molar-refractivity contribution in [3.63, 3.8) is 0 Å². The molecule has 2 N–H and O–H groups in total. The highest BCUT2D eigenvalue weighted by atomic mass is 16.3. The maximum absolute atomic E-state index is 9.28. The van der Waals surface area contributed by atoms with Crippen molar-refractivity contribution in [1.29, 1.82) is 0 Å². The predicted octanol–water partition coefficient (Wildman–Crippen LogP) is 2.66.